The molecule has 3 rings (SSSR count). The van der Waals surface area contributed by atoms with Gasteiger partial charge in [0.05, 0.1) is 24.9 Å². The largest absolute Gasteiger partial charge is 0.373 e. The van der Waals surface area contributed by atoms with Crippen LogP contribution in [0.3, 0.4) is 0 Å². The molecule has 0 aromatic carbocycles. The van der Waals surface area contributed by atoms with E-state index in [1.807, 2.05) is 25.5 Å². The Kier molecular flexibility index (Phi) is 5.03. The van der Waals surface area contributed by atoms with Gasteiger partial charge >= 0.3 is 0 Å². The van der Waals surface area contributed by atoms with Crippen molar-refractivity contribution in [2.45, 2.75) is 19.1 Å². The van der Waals surface area contributed by atoms with E-state index in [4.69, 9.17) is 10.00 Å². The van der Waals surface area contributed by atoms with Crippen LogP contribution in [0.1, 0.15) is 24.2 Å². The van der Waals surface area contributed by atoms with Crippen molar-refractivity contribution >= 4 is 5.82 Å². The van der Waals surface area contributed by atoms with Crippen LogP contribution in [0.5, 0.6) is 0 Å². The van der Waals surface area contributed by atoms with Gasteiger partial charge in [0.15, 0.2) is 11.5 Å². The van der Waals surface area contributed by atoms with Gasteiger partial charge in [-0.05, 0) is 6.54 Å². The predicted octanol–water partition coefficient (Wildman–Crippen LogP) is 0.956. The summed E-state index contributed by atoms with van der Waals surface area (Å²) in [6.07, 6.45) is 6.94. The third-order valence-corrected chi connectivity index (χ3v) is 4.20. The molecule has 1 saturated heterocycles. The summed E-state index contributed by atoms with van der Waals surface area (Å²) >= 11 is 0. The minimum atomic E-state index is -0.0588. The number of anilines is 1. The van der Waals surface area contributed by atoms with Gasteiger partial charge in [-0.15, -0.1) is 0 Å². The van der Waals surface area contributed by atoms with Crippen molar-refractivity contribution in [1.29, 1.82) is 5.26 Å². The van der Waals surface area contributed by atoms with Crippen LogP contribution in [0, 0.1) is 11.3 Å². The zero-order valence-electron chi connectivity index (χ0n) is 13.9. The first kappa shape index (κ1) is 16.4. The van der Waals surface area contributed by atoms with Crippen LogP contribution in [-0.2, 0) is 11.8 Å². The molecule has 2 atom stereocenters. The number of likely N-dealkylation sites (N-methyl/N-ethyl adjacent to an activating group) is 1. The van der Waals surface area contributed by atoms with Crippen LogP contribution < -0.4 is 5.32 Å². The first-order chi connectivity index (χ1) is 11.7. The van der Waals surface area contributed by atoms with Crippen LogP contribution in [0.25, 0.3) is 0 Å². The molecule has 0 spiro atoms. The lowest BCUT2D eigenvalue weighted by Gasteiger charge is -2.40. The van der Waals surface area contributed by atoms with Crippen LogP contribution >= 0.6 is 0 Å². The number of morpholine rings is 1. The zero-order chi connectivity index (χ0) is 16.9. The fraction of sp³-hybridized carbons (Fsp3) is 0.500. The maximum Gasteiger partial charge on any atom is 0.182 e. The van der Waals surface area contributed by atoms with Crippen molar-refractivity contribution in [3.05, 3.63) is 36.0 Å². The molecule has 24 heavy (non-hydrogen) atoms. The first-order valence-electron chi connectivity index (χ1n) is 8.02. The monoisotopic (exact) mass is 327 g/mol. The number of nitriles is 1. The van der Waals surface area contributed by atoms with Crippen molar-refractivity contribution in [3.8, 4) is 6.07 Å². The number of aryl methyl sites for hydroxylation is 1. The Morgan fingerprint density at radius 2 is 2.25 bits per heavy atom. The van der Waals surface area contributed by atoms with E-state index in [9.17, 15) is 0 Å². The molecule has 1 N–H and O–H groups in total. The molecule has 0 unspecified atom stereocenters. The Morgan fingerprint density at radius 3 is 2.96 bits per heavy atom. The average molecular weight is 327 g/mol. The lowest BCUT2D eigenvalue weighted by atomic mass is 10.0. The average Bonchev–Trinajstić information content (AvgIpc) is 3.05. The topological polar surface area (TPSA) is 91.9 Å². The van der Waals surface area contributed by atoms with Gasteiger partial charge in [-0.3, -0.25) is 9.58 Å². The highest BCUT2D eigenvalue weighted by Crippen LogP contribution is 2.29. The molecular weight excluding hydrogens is 306 g/mol. The van der Waals surface area contributed by atoms with E-state index >= 15 is 0 Å². The number of hydrogen-bond donors (Lipinski definition) is 1. The highest BCUT2D eigenvalue weighted by molar-refractivity contribution is 5.46. The Morgan fingerprint density at radius 1 is 1.42 bits per heavy atom. The molecular formula is C16H21N7O. The maximum atomic E-state index is 9.13. The highest BCUT2D eigenvalue weighted by atomic mass is 16.5. The number of hydrogen-bond acceptors (Lipinski definition) is 7. The van der Waals surface area contributed by atoms with E-state index in [1.54, 1.807) is 10.9 Å². The molecule has 1 aliphatic rings. The van der Waals surface area contributed by atoms with Crippen molar-refractivity contribution in [3.63, 3.8) is 0 Å². The summed E-state index contributed by atoms with van der Waals surface area (Å²) in [5.41, 5.74) is 1.42. The fourth-order valence-corrected chi connectivity index (χ4v) is 3.08. The van der Waals surface area contributed by atoms with Gasteiger partial charge in [-0.1, -0.05) is 6.92 Å². The number of ether oxygens (including phenoxy) is 1. The molecule has 1 aliphatic heterocycles. The lowest BCUT2D eigenvalue weighted by Crippen LogP contribution is -2.47. The zero-order valence-corrected chi connectivity index (χ0v) is 13.9. The second-order valence-electron chi connectivity index (χ2n) is 5.68. The number of aromatic nitrogens is 4. The summed E-state index contributed by atoms with van der Waals surface area (Å²) in [5.74, 6) is 0.488. The van der Waals surface area contributed by atoms with E-state index in [-0.39, 0.29) is 12.1 Å². The van der Waals surface area contributed by atoms with Crippen molar-refractivity contribution in [1.82, 2.24) is 24.6 Å². The number of nitrogens with one attached hydrogen (secondary N) is 1. The first-order valence-corrected chi connectivity index (χ1v) is 8.02. The molecule has 0 radical (unpaired) electrons. The van der Waals surface area contributed by atoms with Gasteiger partial charge in [0.1, 0.15) is 6.07 Å². The Hall–Kier alpha value is -2.50. The van der Waals surface area contributed by atoms with E-state index in [0.717, 1.165) is 18.7 Å². The molecule has 126 valence electrons. The van der Waals surface area contributed by atoms with Crippen molar-refractivity contribution in [2.75, 3.05) is 31.6 Å². The summed E-state index contributed by atoms with van der Waals surface area (Å²) in [4.78, 5) is 10.6. The van der Waals surface area contributed by atoms with Gasteiger partial charge in [0.2, 0.25) is 0 Å². The van der Waals surface area contributed by atoms with Gasteiger partial charge in [-0.25, -0.2) is 9.97 Å². The van der Waals surface area contributed by atoms with Crippen LogP contribution in [0.4, 0.5) is 5.82 Å². The third kappa shape index (κ3) is 3.37. The van der Waals surface area contributed by atoms with E-state index in [2.05, 4.69) is 32.2 Å². The van der Waals surface area contributed by atoms with Gasteiger partial charge < -0.3 is 10.1 Å². The SMILES string of the molecule is CCN1CCO[C@@H](CNc2nccnc2C#N)[C@@H]1c1cnn(C)c1. The second-order valence-corrected chi connectivity index (χ2v) is 5.68. The second kappa shape index (κ2) is 7.38. The Bertz CT molecular complexity index is 723. The van der Waals surface area contributed by atoms with Crippen LogP contribution in [0.15, 0.2) is 24.8 Å². The van der Waals surface area contributed by atoms with Gasteiger partial charge in [0.25, 0.3) is 0 Å². The van der Waals surface area contributed by atoms with E-state index in [1.165, 1.54) is 6.20 Å². The summed E-state index contributed by atoms with van der Waals surface area (Å²) in [6.45, 7) is 5.21. The minimum Gasteiger partial charge on any atom is -0.373 e. The molecule has 3 heterocycles. The molecule has 2 aromatic rings. The summed E-state index contributed by atoms with van der Waals surface area (Å²) < 4.78 is 7.81. The molecule has 0 amide bonds. The molecule has 2 aromatic heterocycles. The Labute approximate surface area is 141 Å². The maximum absolute atomic E-state index is 9.13. The predicted molar refractivity (Wildman–Crippen MR) is 88.2 cm³/mol. The normalized spacial score (nSPS) is 21.4. The van der Waals surface area contributed by atoms with Crippen LogP contribution in [0.2, 0.25) is 0 Å². The smallest absolute Gasteiger partial charge is 0.182 e. The van der Waals surface area contributed by atoms with Gasteiger partial charge in [-0.2, -0.15) is 10.4 Å². The number of nitrogens with zero attached hydrogens (tertiary/aromatic N) is 6. The molecule has 0 saturated carbocycles. The summed E-state index contributed by atoms with van der Waals surface area (Å²) in [7, 11) is 1.91. The standard InChI is InChI=1S/C16H21N7O/c1-3-23-6-7-24-14(15(23)12-9-21-22(2)11-12)10-20-16-13(8-17)18-4-5-19-16/h4-5,9,11,14-15H,3,6-7,10H2,1-2H3,(H,19,20)/t14-,15-/m0/s1. The quantitative estimate of drug-likeness (QED) is 0.874. The molecule has 1 fully saturated rings. The van der Waals surface area contributed by atoms with Crippen molar-refractivity contribution < 1.29 is 4.74 Å². The molecule has 0 aliphatic carbocycles. The Balaban J connectivity index is 1.78. The molecule has 8 nitrogen and oxygen atoms in total. The summed E-state index contributed by atoms with van der Waals surface area (Å²) in [5, 5.41) is 16.6. The van der Waals surface area contributed by atoms with Crippen molar-refractivity contribution in [2.24, 2.45) is 7.05 Å². The lowest BCUT2D eigenvalue weighted by molar-refractivity contribution is -0.0639. The number of rotatable bonds is 5. The fourth-order valence-electron chi connectivity index (χ4n) is 3.08. The summed E-state index contributed by atoms with van der Waals surface area (Å²) in [6, 6.07) is 2.17. The third-order valence-electron chi connectivity index (χ3n) is 4.20. The van der Waals surface area contributed by atoms with E-state index < -0.39 is 0 Å². The molecule has 8 heteroatoms. The van der Waals surface area contributed by atoms with Gasteiger partial charge in [0, 0.05) is 44.3 Å². The molecule has 0 bridgehead atoms. The van der Waals surface area contributed by atoms with E-state index in [0.29, 0.717) is 24.7 Å². The highest BCUT2D eigenvalue weighted by Gasteiger charge is 2.33. The minimum absolute atomic E-state index is 0.0588. The van der Waals surface area contributed by atoms with Crippen LogP contribution in [-0.4, -0.2) is 57.0 Å².